The van der Waals surface area contributed by atoms with E-state index < -0.39 is 18.4 Å². The molecule has 0 spiro atoms. The zero-order valence-corrected chi connectivity index (χ0v) is 19.4. The lowest BCUT2D eigenvalue weighted by Crippen LogP contribution is -2.24. The molecular formula is C24H45F3O3. The monoisotopic (exact) mass is 438 g/mol. The van der Waals surface area contributed by atoms with E-state index in [1.165, 1.54) is 64.2 Å². The summed E-state index contributed by atoms with van der Waals surface area (Å²) < 4.78 is 53.0. The Morgan fingerprint density at radius 2 is 1.17 bits per heavy atom. The van der Waals surface area contributed by atoms with Gasteiger partial charge in [0.2, 0.25) is 0 Å². The Balaban J connectivity index is 1.68. The lowest BCUT2D eigenvalue weighted by atomic mass is 10.0. The molecule has 30 heavy (non-hydrogen) atoms. The van der Waals surface area contributed by atoms with E-state index in [9.17, 15) is 13.2 Å². The first-order valence-corrected chi connectivity index (χ1v) is 12.2. The topological polar surface area (TPSA) is 27.7 Å². The van der Waals surface area contributed by atoms with Crippen molar-refractivity contribution < 1.29 is 27.4 Å². The largest absolute Gasteiger partial charge is 0.389 e. The lowest BCUT2D eigenvalue weighted by Gasteiger charge is -2.17. The van der Waals surface area contributed by atoms with Crippen molar-refractivity contribution in [1.82, 2.24) is 0 Å². The van der Waals surface area contributed by atoms with Crippen LogP contribution in [-0.4, -0.2) is 37.9 Å². The van der Waals surface area contributed by atoms with Gasteiger partial charge >= 0.3 is 6.18 Å². The molecule has 1 atom stereocenters. The maximum atomic E-state index is 12.0. The van der Waals surface area contributed by atoms with E-state index in [-0.39, 0.29) is 6.10 Å². The first kappa shape index (κ1) is 27.7. The molecule has 0 aliphatic carbocycles. The summed E-state index contributed by atoms with van der Waals surface area (Å²) in [5.74, 6) is -0.462. The molecule has 0 unspecified atom stereocenters. The second kappa shape index (κ2) is 16.3. The van der Waals surface area contributed by atoms with Gasteiger partial charge in [0.15, 0.2) is 5.79 Å². The van der Waals surface area contributed by atoms with Crippen LogP contribution in [-0.2, 0) is 14.2 Å². The second-order valence-corrected chi connectivity index (χ2v) is 9.19. The van der Waals surface area contributed by atoms with Crippen molar-refractivity contribution in [2.75, 3.05) is 19.8 Å². The van der Waals surface area contributed by atoms with Crippen molar-refractivity contribution in [1.29, 1.82) is 0 Å². The molecule has 0 radical (unpaired) electrons. The Kier molecular flexibility index (Phi) is 15.1. The number of alkyl halides is 3. The highest BCUT2D eigenvalue weighted by molar-refractivity contribution is 4.70. The van der Waals surface area contributed by atoms with Crippen molar-refractivity contribution in [3.05, 3.63) is 0 Å². The van der Waals surface area contributed by atoms with Crippen LogP contribution in [0, 0.1) is 0 Å². The van der Waals surface area contributed by atoms with E-state index in [0.717, 1.165) is 25.9 Å². The molecule has 0 amide bonds. The van der Waals surface area contributed by atoms with E-state index >= 15 is 0 Å². The number of halogens is 3. The second-order valence-electron chi connectivity index (χ2n) is 9.19. The van der Waals surface area contributed by atoms with Crippen LogP contribution in [0.4, 0.5) is 13.2 Å². The minimum atomic E-state index is -3.98. The van der Waals surface area contributed by atoms with E-state index in [0.29, 0.717) is 26.1 Å². The third-order valence-electron chi connectivity index (χ3n) is 5.62. The number of unbranched alkanes of at least 4 members (excludes halogenated alkanes) is 14. The van der Waals surface area contributed by atoms with Gasteiger partial charge in [0.05, 0.1) is 13.2 Å². The van der Waals surface area contributed by atoms with E-state index in [1.807, 2.05) is 13.8 Å². The predicted molar refractivity (Wildman–Crippen MR) is 116 cm³/mol. The van der Waals surface area contributed by atoms with Gasteiger partial charge in [-0.1, -0.05) is 83.5 Å². The highest BCUT2D eigenvalue weighted by atomic mass is 19.4. The summed E-state index contributed by atoms with van der Waals surface area (Å²) in [4.78, 5) is 0. The van der Waals surface area contributed by atoms with Crippen LogP contribution in [0.25, 0.3) is 0 Å². The number of hydrogen-bond acceptors (Lipinski definition) is 3. The Bertz CT molecular complexity index is 400. The molecule has 0 aromatic rings. The highest BCUT2D eigenvalue weighted by Crippen LogP contribution is 2.24. The molecule has 1 fully saturated rings. The molecule has 3 nitrogen and oxygen atoms in total. The quantitative estimate of drug-likeness (QED) is 0.191. The SMILES string of the molecule is CC1(C)OC[C@@H](COCCCCCCCCCCCCCCCCCC(F)(F)F)O1. The minimum Gasteiger partial charge on any atom is -0.379 e. The van der Waals surface area contributed by atoms with Crippen LogP contribution in [0.5, 0.6) is 0 Å². The van der Waals surface area contributed by atoms with Crippen LogP contribution in [0.2, 0.25) is 0 Å². The Morgan fingerprint density at radius 1 is 0.733 bits per heavy atom. The van der Waals surface area contributed by atoms with Crippen molar-refractivity contribution in [3.63, 3.8) is 0 Å². The summed E-state index contributed by atoms with van der Waals surface area (Å²) in [6, 6.07) is 0. The van der Waals surface area contributed by atoms with Gasteiger partial charge in [-0.05, 0) is 26.7 Å². The van der Waals surface area contributed by atoms with Gasteiger partial charge in [-0.2, -0.15) is 13.2 Å². The van der Waals surface area contributed by atoms with Crippen LogP contribution in [0.15, 0.2) is 0 Å². The summed E-state index contributed by atoms with van der Waals surface area (Å²) >= 11 is 0. The van der Waals surface area contributed by atoms with Gasteiger partial charge in [-0.3, -0.25) is 0 Å². The van der Waals surface area contributed by atoms with Crippen molar-refractivity contribution >= 4 is 0 Å². The standard InChI is InChI=1S/C24H45F3O3/c1-23(2)29-21-22(30-23)20-28-19-17-15-13-11-9-7-5-3-4-6-8-10-12-14-16-18-24(25,26)27/h22H,3-21H2,1-2H3/t22-/m1/s1. The van der Waals surface area contributed by atoms with E-state index in [2.05, 4.69) is 0 Å². The summed E-state index contributed by atoms with van der Waals surface area (Å²) in [7, 11) is 0. The number of hydrogen-bond donors (Lipinski definition) is 0. The van der Waals surface area contributed by atoms with Crippen LogP contribution in [0.1, 0.15) is 117 Å². The average Bonchev–Trinajstić information content (AvgIpc) is 3.01. The molecule has 0 N–H and O–H groups in total. The Morgan fingerprint density at radius 3 is 1.57 bits per heavy atom. The summed E-state index contributed by atoms with van der Waals surface area (Å²) in [5, 5.41) is 0. The molecular weight excluding hydrogens is 393 g/mol. The van der Waals surface area contributed by atoms with Crippen LogP contribution >= 0.6 is 0 Å². The average molecular weight is 439 g/mol. The Labute approximate surface area is 182 Å². The maximum absolute atomic E-state index is 12.0. The molecule has 180 valence electrons. The van der Waals surface area contributed by atoms with Crippen molar-refractivity contribution in [3.8, 4) is 0 Å². The van der Waals surface area contributed by atoms with Gasteiger partial charge < -0.3 is 14.2 Å². The minimum absolute atomic E-state index is 0.0725. The molecule has 1 rings (SSSR count). The van der Waals surface area contributed by atoms with Crippen molar-refractivity contribution in [2.45, 2.75) is 135 Å². The lowest BCUT2D eigenvalue weighted by molar-refractivity contribution is -0.145. The first-order chi connectivity index (χ1) is 14.3. The van der Waals surface area contributed by atoms with Gasteiger partial charge in [-0.15, -0.1) is 0 Å². The normalized spacial score (nSPS) is 18.9. The summed E-state index contributed by atoms with van der Waals surface area (Å²) in [5.41, 5.74) is 0. The molecule has 1 aliphatic rings. The van der Waals surface area contributed by atoms with E-state index in [1.54, 1.807) is 0 Å². The molecule has 0 aromatic carbocycles. The molecule has 0 bridgehead atoms. The fourth-order valence-corrected chi connectivity index (χ4v) is 3.89. The summed E-state index contributed by atoms with van der Waals surface area (Å²) in [6.07, 6.45) is 12.4. The van der Waals surface area contributed by atoms with E-state index in [4.69, 9.17) is 14.2 Å². The zero-order valence-electron chi connectivity index (χ0n) is 19.4. The third kappa shape index (κ3) is 17.4. The van der Waals surface area contributed by atoms with Gasteiger partial charge in [0.25, 0.3) is 0 Å². The van der Waals surface area contributed by atoms with Gasteiger partial charge in [-0.25, -0.2) is 0 Å². The number of rotatable bonds is 19. The molecule has 0 aromatic heterocycles. The molecule has 1 aliphatic heterocycles. The number of ether oxygens (including phenoxy) is 3. The fraction of sp³-hybridized carbons (Fsp3) is 1.00. The van der Waals surface area contributed by atoms with Crippen molar-refractivity contribution in [2.24, 2.45) is 0 Å². The molecule has 6 heteroatoms. The van der Waals surface area contributed by atoms with Crippen LogP contribution in [0.3, 0.4) is 0 Å². The van der Waals surface area contributed by atoms with Crippen LogP contribution < -0.4 is 0 Å². The van der Waals surface area contributed by atoms with Gasteiger partial charge in [0.1, 0.15) is 6.10 Å². The third-order valence-corrected chi connectivity index (χ3v) is 5.62. The molecule has 0 saturated carbocycles. The van der Waals surface area contributed by atoms with Gasteiger partial charge in [0, 0.05) is 13.0 Å². The smallest absolute Gasteiger partial charge is 0.379 e. The highest BCUT2D eigenvalue weighted by Gasteiger charge is 2.32. The fourth-order valence-electron chi connectivity index (χ4n) is 3.89. The zero-order chi connectivity index (χ0) is 22.1. The molecule has 1 saturated heterocycles. The summed E-state index contributed by atoms with van der Waals surface area (Å²) in [6.45, 7) is 5.92. The first-order valence-electron chi connectivity index (χ1n) is 12.2. The predicted octanol–water partition coefficient (Wildman–Crippen LogP) is 7.96. The Hall–Kier alpha value is -0.330. The molecule has 1 heterocycles. The maximum Gasteiger partial charge on any atom is 0.389 e.